The normalized spacial score (nSPS) is 26.5. The highest BCUT2D eigenvalue weighted by Gasteiger charge is 2.39. The quantitative estimate of drug-likeness (QED) is 0.520. The first-order valence-electron chi connectivity index (χ1n) is 8.06. The lowest BCUT2D eigenvalue weighted by molar-refractivity contribution is -0.0346. The van der Waals surface area contributed by atoms with Crippen molar-refractivity contribution in [3.8, 4) is 0 Å². The van der Waals surface area contributed by atoms with Gasteiger partial charge >= 0.3 is 7.82 Å². The van der Waals surface area contributed by atoms with Crippen LogP contribution in [0.25, 0.3) is 11.2 Å². The lowest BCUT2D eigenvalue weighted by Crippen LogP contribution is -2.18. The van der Waals surface area contributed by atoms with Crippen molar-refractivity contribution < 1.29 is 28.0 Å². The summed E-state index contributed by atoms with van der Waals surface area (Å²) in [7, 11) is -4.64. The first-order chi connectivity index (χ1) is 12.3. The van der Waals surface area contributed by atoms with Gasteiger partial charge in [-0.15, -0.1) is 0 Å². The van der Waals surface area contributed by atoms with Crippen molar-refractivity contribution in [2.45, 2.75) is 43.8 Å². The van der Waals surface area contributed by atoms with Gasteiger partial charge in [-0.1, -0.05) is 0 Å². The van der Waals surface area contributed by atoms with Crippen molar-refractivity contribution in [1.29, 1.82) is 0 Å². The van der Waals surface area contributed by atoms with Crippen LogP contribution in [0.1, 0.15) is 25.5 Å². The average molecular weight is 388 g/mol. The van der Waals surface area contributed by atoms with Gasteiger partial charge in [0.1, 0.15) is 6.17 Å². The monoisotopic (exact) mass is 388 g/mol. The van der Waals surface area contributed by atoms with Gasteiger partial charge in [0, 0.05) is 12.5 Å². The van der Waals surface area contributed by atoms with Gasteiger partial charge in [0.2, 0.25) is 5.95 Å². The Kier molecular flexibility index (Phi) is 4.32. The summed E-state index contributed by atoms with van der Waals surface area (Å²) in [5.74, 6) is 0.515. The van der Waals surface area contributed by atoms with Crippen LogP contribution in [0.3, 0.4) is 0 Å². The Hall–Kier alpha value is -1.85. The van der Waals surface area contributed by atoms with Crippen molar-refractivity contribution >= 4 is 30.8 Å². The number of hydrogen-bond acceptors (Lipinski definition) is 8. The largest absolute Gasteiger partial charge is 0.469 e. The van der Waals surface area contributed by atoms with Crippen molar-refractivity contribution in [1.82, 2.24) is 19.5 Å². The molecule has 0 spiro atoms. The van der Waals surface area contributed by atoms with Gasteiger partial charge < -0.3 is 25.6 Å². The summed E-state index contributed by atoms with van der Waals surface area (Å²) in [6.07, 6.45) is 0.112. The molecule has 2 fully saturated rings. The van der Waals surface area contributed by atoms with Crippen molar-refractivity contribution in [3.05, 3.63) is 6.33 Å². The van der Waals surface area contributed by atoms with Gasteiger partial charge in [0.05, 0.1) is 19.0 Å². The fourth-order valence-corrected chi connectivity index (χ4v) is 3.23. The Morgan fingerprint density at radius 3 is 2.92 bits per heavy atom. The van der Waals surface area contributed by atoms with Crippen LogP contribution in [0.5, 0.6) is 0 Å². The van der Waals surface area contributed by atoms with E-state index in [1.807, 2.05) is 0 Å². The predicted octanol–water partition coefficient (Wildman–Crippen LogP) is 0.718. The van der Waals surface area contributed by atoms with E-state index in [2.05, 4.69) is 24.8 Å². The molecule has 0 amide bonds. The van der Waals surface area contributed by atoms with Gasteiger partial charge in [-0.25, -0.2) is 13.9 Å². The summed E-state index contributed by atoms with van der Waals surface area (Å²) in [5, 5.41) is 3.21. The molecule has 2 aliphatic rings. The van der Waals surface area contributed by atoms with E-state index in [0.29, 0.717) is 23.0 Å². The van der Waals surface area contributed by atoms with Crippen LogP contribution < -0.4 is 11.1 Å². The second-order valence-electron chi connectivity index (χ2n) is 6.36. The number of hydrogen-bond donors (Lipinski definition) is 4. The van der Waals surface area contributed by atoms with Crippen LogP contribution in [0, 0.1) is 0 Å². The molecule has 26 heavy (non-hydrogen) atoms. The molecule has 5 N–H and O–H groups in total. The van der Waals surface area contributed by atoms with E-state index in [-0.39, 0.29) is 12.4 Å². The number of ether oxygens (including phenoxy) is 1. The molecule has 4 rings (SSSR count). The highest BCUT2D eigenvalue weighted by molar-refractivity contribution is 7.46. The molecule has 11 nitrogen and oxygen atoms in total. The van der Waals surface area contributed by atoms with Crippen LogP contribution in [0.15, 0.2) is 6.33 Å². The van der Waals surface area contributed by atoms with E-state index in [1.165, 1.54) is 10.9 Å². The van der Waals surface area contributed by atoms with Crippen LogP contribution in [-0.4, -0.2) is 54.2 Å². The first kappa shape index (κ1) is 17.6. The standard InChI is InChI=1S/C13H18FN6O5P/c14-8-3-7(4-24-26(21,22)23)25-12(8)20-5-16-9-10(17-6-1-2-6)18-13(15)19-11(9)20/h5-8,12H,1-4H2,(H2,21,22,23)(H3,15,17,18,19)/t7-,8-,12+/m0/s1. The first-order valence-corrected chi connectivity index (χ1v) is 9.59. The van der Waals surface area contributed by atoms with Gasteiger partial charge in [0.15, 0.2) is 23.2 Å². The molecule has 3 atom stereocenters. The third-order valence-corrected chi connectivity index (χ3v) is 4.67. The third-order valence-electron chi connectivity index (χ3n) is 4.19. The Morgan fingerprint density at radius 2 is 2.23 bits per heavy atom. The number of phosphoric acid groups is 1. The minimum atomic E-state index is -4.64. The molecular weight excluding hydrogens is 370 g/mol. The molecule has 0 bridgehead atoms. The minimum Gasteiger partial charge on any atom is -0.368 e. The molecule has 1 saturated heterocycles. The van der Waals surface area contributed by atoms with Crippen molar-refractivity contribution in [3.63, 3.8) is 0 Å². The number of anilines is 2. The van der Waals surface area contributed by atoms with Crippen LogP contribution in [0.2, 0.25) is 0 Å². The Balaban J connectivity index is 1.58. The fourth-order valence-electron chi connectivity index (χ4n) is 2.87. The lowest BCUT2D eigenvalue weighted by atomic mass is 10.2. The summed E-state index contributed by atoms with van der Waals surface area (Å²) in [5.41, 5.74) is 6.54. The zero-order valence-corrected chi connectivity index (χ0v) is 14.4. The molecule has 0 unspecified atom stereocenters. The zero-order chi connectivity index (χ0) is 18.5. The molecule has 142 valence electrons. The molecule has 13 heteroatoms. The molecule has 1 aliphatic heterocycles. The number of aromatic nitrogens is 4. The minimum absolute atomic E-state index is 0.0252. The number of nitrogens with zero attached hydrogens (tertiary/aromatic N) is 4. The van der Waals surface area contributed by atoms with Crippen molar-refractivity contribution in [2.75, 3.05) is 17.7 Å². The molecule has 2 aromatic heterocycles. The maximum absolute atomic E-state index is 14.5. The van der Waals surface area contributed by atoms with Gasteiger partial charge in [-0.05, 0) is 12.8 Å². The van der Waals surface area contributed by atoms with Crippen LogP contribution in [-0.2, 0) is 13.8 Å². The second kappa shape index (κ2) is 6.39. The summed E-state index contributed by atoms with van der Waals surface area (Å²) >= 11 is 0. The highest BCUT2D eigenvalue weighted by Crippen LogP contribution is 2.39. The van der Waals surface area contributed by atoms with Gasteiger partial charge in [-0.2, -0.15) is 9.97 Å². The number of nitrogen functional groups attached to an aromatic ring is 1. The summed E-state index contributed by atoms with van der Waals surface area (Å²) in [6.45, 7) is -0.417. The fraction of sp³-hybridized carbons (Fsp3) is 0.615. The number of halogens is 1. The number of fused-ring (bicyclic) bond motifs is 1. The molecule has 3 heterocycles. The van der Waals surface area contributed by atoms with E-state index in [1.54, 1.807) is 0 Å². The van der Waals surface area contributed by atoms with E-state index < -0.39 is 32.9 Å². The summed E-state index contributed by atoms with van der Waals surface area (Å²) < 4.78 is 36.6. The number of rotatable bonds is 6. The molecule has 1 aliphatic carbocycles. The molecule has 1 saturated carbocycles. The van der Waals surface area contributed by atoms with Gasteiger partial charge in [-0.3, -0.25) is 9.09 Å². The topological polar surface area (TPSA) is 158 Å². The highest BCUT2D eigenvalue weighted by atomic mass is 31.2. The lowest BCUT2D eigenvalue weighted by Gasteiger charge is -2.16. The third kappa shape index (κ3) is 3.64. The van der Waals surface area contributed by atoms with Crippen molar-refractivity contribution in [2.24, 2.45) is 0 Å². The number of nitrogens with one attached hydrogen (secondary N) is 1. The smallest absolute Gasteiger partial charge is 0.368 e. The zero-order valence-electron chi connectivity index (χ0n) is 13.5. The second-order valence-corrected chi connectivity index (χ2v) is 7.60. The molecule has 0 aromatic carbocycles. The maximum atomic E-state index is 14.5. The van der Waals surface area contributed by atoms with Crippen LogP contribution >= 0.6 is 7.82 Å². The summed E-state index contributed by atoms with van der Waals surface area (Å²) in [4.78, 5) is 30.1. The Labute approximate surface area is 147 Å². The Morgan fingerprint density at radius 1 is 1.46 bits per heavy atom. The van der Waals surface area contributed by atoms with Gasteiger partial charge in [0.25, 0.3) is 0 Å². The maximum Gasteiger partial charge on any atom is 0.469 e. The summed E-state index contributed by atoms with van der Waals surface area (Å²) in [6, 6.07) is 0.323. The number of phosphoric ester groups is 1. The molecular formula is C13H18FN6O5P. The van der Waals surface area contributed by atoms with E-state index in [9.17, 15) is 8.96 Å². The van der Waals surface area contributed by atoms with E-state index >= 15 is 0 Å². The van der Waals surface area contributed by atoms with E-state index in [0.717, 1.165) is 12.8 Å². The number of nitrogens with two attached hydrogens (primary N) is 1. The predicted molar refractivity (Wildman–Crippen MR) is 87.8 cm³/mol. The molecule has 2 aromatic rings. The average Bonchev–Trinajstić information content (AvgIpc) is 3.13. The van der Waals surface area contributed by atoms with Crippen LogP contribution in [0.4, 0.5) is 16.2 Å². The SMILES string of the molecule is Nc1nc(NC2CC2)c2ncn([C@@H]3O[C@H](COP(=O)(O)O)C[C@@H]3F)c2n1. The number of alkyl halides is 1. The Bertz CT molecular complexity index is 870. The van der Waals surface area contributed by atoms with E-state index in [4.69, 9.17) is 20.3 Å². The molecule has 0 radical (unpaired) electrons. The number of imidazole rings is 1.